The van der Waals surface area contributed by atoms with Gasteiger partial charge >= 0.3 is 0 Å². The first-order valence-electron chi connectivity index (χ1n) is 18.4. The molecule has 0 saturated heterocycles. The lowest BCUT2D eigenvalue weighted by Crippen LogP contribution is -2.47. The van der Waals surface area contributed by atoms with Crippen molar-refractivity contribution in [2.24, 2.45) is 0 Å². The Morgan fingerprint density at radius 2 is 1.84 bits per heavy atom. The number of ether oxygens (including phenoxy) is 2. The number of carbonyl (C=O) groups excluding carboxylic acids is 2. The smallest absolute Gasteiger partial charge is 0.246 e. The van der Waals surface area contributed by atoms with Crippen molar-refractivity contribution in [3.05, 3.63) is 102 Å². The normalized spacial score (nSPS) is 14.6. The summed E-state index contributed by atoms with van der Waals surface area (Å²) in [6.07, 6.45) is 6.75. The van der Waals surface area contributed by atoms with E-state index in [1.165, 1.54) is 36.2 Å². The van der Waals surface area contributed by atoms with Crippen molar-refractivity contribution in [1.82, 2.24) is 29.9 Å². The number of aromatic nitrogens is 3. The van der Waals surface area contributed by atoms with Crippen molar-refractivity contribution >= 4 is 39.3 Å². The second-order valence-electron chi connectivity index (χ2n) is 12.5. The van der Waals surface area contributed by atoms with E-state index in [9.17, 15) is 18.4 Å². The van der Waals surface area contributed by atoms with Crippen molar-refractivity contribution in [2.75, 3.05) is 41.0 Å². The molecule has 296 valence electrons. The summed E-state index contributed by atoms with van der Waals surface area (Å²) < 4.78 is 39.7. The van der Waals surface area contributed by atoms with E-state index in [-0.39, 0.29) is 24.2 Å². The number of allylic oxidation sites excluding steroid dienone is 2. The fourth-order valence-corrected chi connectivity index (χ4v) is 6.82. The number of carbonyl (C=O) groups is 2. The molecule has 2 amide bonds. The molecule has 13 heteroatoms. The van der Waals surface area contributed by atoms with Crippen LogP contribution >= 0.6 is 11.3 Å². The number of rotatable bonds is 10. The molecule has 55 heavy (non-hydrogen) atoms. The van der Waals surface area contributed by atoms with Crippen molar-refractivity contribution in [3.8, 4) is 22.6 Å². The number of hydrogen-bond donors (Lipinski definition) is 1. The Morgan fingerprint density at radius 3 is 2.49 bits per heavy atom. The van der Waals surface area contributed by atoms with E-state index in [1.54, 1.807) is 31.0 Å². The van der Waals surface area contributed by atoms with Gasteiger partial charge in [0.05, 0.1) is 49.7 Å². The van der Waals surface area contributed by atoms with E-state index in [4.69, 9.17) is 14.8 Å². The summed E-state index contributed by atoms with van der Waals surface area (Å²) in [5.41, 5.74) is 6.11. The van der Waals surface area contributed by atoms with Crippen LogP contribution in [0.25, 0.3) is 38.8 Å². The molecular weight excluding hydrogens is 723 g/mol. The van der Waals surface area contributed by atoms with Gasteiger partial charge in [0, 0.05) is 61.6 Å². The van der Waals surface area contributed by atoms with Crippen molar-refractivity contribution in [1.29, 1.82) is 0 Å². The van der Waals surface area contributed by atoms with Crippen LogP contribution in [0.2, 0.25) is 0 Å². The van der Waals surface area contributed by atoms with E-state index in [2.05, 4.69) is 43.1 Å². The highest BCUT2D eigenvalue weighted by atomic mass is 32.1. The highest BCUT2D eigenvalue weighted by molar-refractivity contribution is 7.17. The Balaban J connectivity index is 0.000000596. The topological polar surface area (TPSA) is 102 Å². The minimum Gasteiger partial charge on any atom is -0.499 e. The maximum atomic E-state index is 14.8. The van der Waals surface area contributed by atoms with Crippen LogP contribution in [-0.4, -0.2) is 83.4 Å². The lowest BCUT2D eigenvalue weighted by molar-refractivity contribution is -0.131. The number of nitrogens with one attached hydrogen (secondary N) is 1. The van der Waals surface area contributed by atoms with Gasteiger partial charge in [-0.25, -0.2) is 13.8 Å². The Labute approximate surface area is 327 Å². The summed E-state index contributed by atoms with van der Waals surface area (Å²) in [4.78, 5) is 33.2. The second kappa shape index (κ2) is 22.4. The number of nitrogens with zero attached hydrogens (tertiary/aromatic N) is 5. The molecule has 5 heterocycles. The first-order valence-corrected chi connectivity index (χ1v) is 19.3. The first kappa shape index (κ1) is 44.4. The number of hydrogen-bond acceptors (Lipinski definition) is 8. The molecule has 2 aliphatic rings. The molecule has 1 unspecified atom stereocenters. The number of benzene rings is 1. The van der Waals surface area contributed by atoms with Crippen LogP contribution in [0.4, 0.5) is 8.78 Å². The second-order valence-corrected chi connectivity index (χ2v) is 13.4. The zero-order valence-corrected chi connectivity index (χ0v) is 33.8. The van der Waals surface area contributed by atoms with Gasteiger partial charge in [0.15, 0.2) is 0 Å². The van der Waals surface area contributed by atoms with Crippen molar-refractivity contribution in [2.45, 2.75) is 66.2 Å². The fourth-order valence-electron chi connectivity index (χ4n) is 5.90. The van der Waals surface area contributed by atoms with Crippen molar-refractivity contribution in [3.63, 3.8) is 0 Å². The number of methoxy groups -OCH3 is 1. The molecule has 4 aromatic rings. The third kappa shape index (κ3) is 11.5. The Hall–Kier alpha value is -4.98. The quantitative estimate of drug-likeness (QED) is 0.0747. The summed E-state index contributed by atoms with van der Waals surface area (Å²) in [5, 5.41) is 10.9. The molecule has 6 rings (SSSR count). The molecule has 0 radical (unpaired) electrons. The fraction of sp³-hybridized carbons (Fsp3) is 0.381. The Bertz CT molecular complexity index is 1970. The van der Waals surface area contributed by atoms with Crippen LogP contribution in [-0.2, 0) is 45.1 Å². The number of thiophene rings is 1. The van der Waals surface area contributed by atoms with Gasteiger partial charge in [-0.3, -0.25) is 14.3 Å². The molecule has 10 nitrogen and oxygen atoms in total. The zero-order valence-electron chi connectivity index (χ0n) is 33.0. The molecule has 0 spiro atoms. The van der Waals surface area contributed by atoms with Gasteiger partial charge in [0.25, 0.3) is 0 Å². The third-order valence-electron chi connectivity index (χ3n) is 8.38. The molecule has 1 aromatic carbocycles. The number of halogens is 2. The minimum atomic E-state index is -0.749. The summed E-state index contributed by atoms with van der Waals surface area (Å²) in [6, 6.07) is 9.68. The van der Waals surface area contributed by atoms with Gasteiger partial charge in [0.1, 0.15) is 23.8 Å². The monoisotopic (exact) mass is 776 g/mol. The molecular formula is C42H54F2N6O4S. The average Bonchev–Trinajstić information content (AvgIpc) is 3.86. The minimum absolute atomic E-state index is 0.0410. The Morgan fingerprint density at radius 1 is 1.09 bits per heavy atom. The van der Waals surface area contributed by atoms with Gasteiger partial charge in [-0.1, -0.05) is 59.4 Å². The summed E-state index contributed by atoms with van der Waals surface area (Å²) in [5.74, 6) is -0.863. The van der Waals surface area contributed by atoms with Crippen LogP contribution in [0.5, 0.6) is 0 Å². The number of amides is 2. The molecule has 2 aliphatic heterocycles. The van der Waals surface area contributed by atoms with Crippen molar-refractivity contribution < 1.29 is 27.8 Å². The van der Waals surface area contributed by atoms with Gasteiger partial charge in [-0.15, -0.1) is 11.3 Å². The van der Waals surface area contributed by atoms with Gasteiger partial charge in [-0.05, 0) is 53.3 Å². The first-order chi connectivity index (χ1) is 26.6. The highest BCUT2D eigenvalue weighted by Gasteiger charge is 2.27. The highest BCUT2D eigenvalue weighted by Crippen LogP contribution is 2.40. The molecule has 1 atom stereocenters. The van der Waals surface area contributed by atoms with E-state index in [0.29, 0.717) is 68.5 Å². The largest absolute Gasteiger partial charge is 0.499 e. The van der Waals surface area contributed by atoms with Gasteiger partial charge in [0.2, 0.25) is 11.8 Å². The van der Waals surface area contributed by atoms with Gasteiger partial charge < -0.3 is 24.6 Å². The molecule has 0 aliphatic carbocycles. The van der Waals surface area contributed by atoms with E-state index < -0.39 is 5.83 Å². The lowest BCUT2D eigenvalue weighted by Gasteiger charge is -2.28. The predicted molar refractivity (Wildman–Crippen MR) is 220 cm³/mol. The molecule has 0 fully saturated rings. The van der Waals surface area contributed by atoms with Crippen LogP contribution in [0.3, 0.4) is 0 Å². The van der Waals surface area contributed by atoms with Crippen LogP contribution in [0, 0.1) is 0 Å². The average molecular weight is 777 g/mol. The lowest BCUT2D eigenvalue weighted by atomic mass is 9.92. The number of pyridine rings is 1. The summed E-state index contributed by atoms with van der Waals surface area (Å²) in [6.45, 7) is 18.3. The molecule has 0 saturated carbocycles. The Kier molecular flexibility index (Phi) is 18.1. The summed E-state index contributed by atoms with van der Waals surface area (Å²) in [7, 11) is 5.14. The number of likely N-dealkylation sites (N-methyl/N-ethyl adjacent to an activating group) is 1. The summed E-state index contributed by atoms with van der Waals surface area (Å²) >= 11 is 1.45. The van der Waals surface area contributed by atoms with Crippen LogP contribution in [0.15, 0.2) is 79.4 Å². The van der Waals surface area contributed by atoms with E-state index >= 15 is 0 Å². The zero-order chi connectivity index (χ0) is 40.5. The maximum absolute atomic E-state index is 14.8. The molecule has 1 N–H and O–H groups in total. The van der Waals surface area contributed by atoms with Crippen LogP contribution in [0.1, 0.15) is 56.5 Å². The molecule has 3 aromatic heterocycles. The number of fused-ring (bicyclic) bond motifs is 3. The van der Waals surface area contributed by atoms with E-state index in [1.807, 2.05) is 48.2 Å². The standard InChI is InChI=1S/C32H30F2N6O2S.C5H10O2.C3H8.C2H6/c1-4-28(41)39-10-11-40-23(18-39)16-26(37-40)30-25(15-22(34)7-9-33)31-24(8-12-43-31)29(36-30)20-6-5-19-14-27(32(42)38(2)3)35-17-21(19)13-20;1-3-7-5-4-6-2;1-3-2;1-2/h4-9,12-13,15-16,27,35H,1,10-11,14,17-18H2,2-3H3;3H,1,4-5H2,2H3;3H2,1-2H3;1-2H3/b9-7+,22-15?;;;. The molecule has 0 bridgehead atoms. The third-order valence-corrected chi connectivity index (χ3v) is 9.33. The van der Waals surface area contributed by atoms with Crippen LogP contribution < -0.4 is 5.32 Å². The van der Waals surface area contributed by atoms with Gasteiger partial charge in [-0.2, -0.15) is 5.10 Å². The SMILES string of the molecule is C=CC(=O)N1CCn2nc(-c3nc(-c4ccc5c(c4)CNC(C(=O)N(C)C)C5)c4ccsc4c3C=C(F)/C=C/F)cc2C1.C=COCCOC.CC.CCC. The predicted octanol–water partition coefficient (Wildman–Crippen LogP) is 8.49. The van der Waals surface area contributed by atoms with E-state index in [0.717, 1.165) is 38.5 Å². The maximum Gasteiger partial charge on any atom is 0.246 e.